The van der Waals surface area contributed by atoms with Crippen LogP contribution in [0.2, 0.25) is 5.02 Å². The molecule has 0 atom stereocenters. The summed E-state index contributed by atoms with van der Waals surface area (Å²) in [5.74, 6) is 1.57. The highest BCUT2D eigenvalue weighted by molar-refractivity contribution is 6.30. The van der Waals surface area contributed by atoms with Crippen molar-refractivity contribution in [2.45, 2.75) is 32.6 Å². The predicted molar refractivity (Wildman–Crippen MR) is 70.3 cm³/mol. The first-order chi connectivity index (χ1) is 8.03. The molecule has 0 aliphatic carbocycles. The zero-order chi connectivity index (χ0) is 12.5. The highest BCUT2D eigenvalue weighted by Crippen LogP contribution is 2.30. The molecule has 1 aromatic carbocycles. The summed E-state index contributed by atoms with van der Waals surface area (Å²) in [6, 6.07) is 7.51. The average molecular weight is 250 g/mol. The SMILES string of the molecule is CCC(C)(C)c1cnc(-c2ccc(Cl)cc2)o1. The molecule has 2 nitrogen and oxygen atoms in total. The summed E-state index contributed by atoms with van der Waals surface area (Å²) < 4.78 is 5.81. The van der Waals surface area contributed by atoms with E-state index in [-0.39, 0.29) is 5.41 Å². The Kier molecular flexibility index (Phi) is 3.25. The third-order valence-electron chi connectivity index (χ3n) is 3.15. The number of hydrogen-bond acceptors (Lipinski definition) is 2. The van der Waals surface area contributed by atoms with Gasteiger partial charge >= 0.3 is 0 Å². The van der Waals surface area contributed by atoms with E-state index in [1.54, 1.807) is 0 Å². The van der Waals surface area contributed by atoms with Crippen LogP contribution in [0.1, 0.15) is 33.0 Å². The second-order valence-corrected chi connectivity index (χ2v) is 5.21. The average Bonchev–Trinajstić information content (AvgIpc) is 2.80. The van der Waals surface area contributed by atoms with Crippen molar-refractivity contribution < 1.29 is 4.42 Å². The minimum Gasteiger partial charge on any atom is -0.441 e. The molecule has 0 aliphatic heterocycles. The van der Waals surface area contributed by atoms with Gasteiger partial charge in [0.05, 0.1) is 6.20 Å². The zero-order valence-electron chi connectivity index (χ0n) is 10.3. The maximum Gasteiger partial charge on any atom is 0.226 e. The lowest BCUT2D eigenvalue weighted by Gasteiger charge is -2.18. The molecular weight excluding hydrogens is 234 g/mol. The van der Waals surface area contributed by atoms with Crippen LogP contribution in [0.25, 0.3) is 11.5 Å². The van der Waals surface area contributed by atoms with Crippen LogP contribution in [0.4, 0.5) is 0 Å². The van der Waals surface area contributed by atoms with E-state index in [9.17, 15) is 0 Å². The van der Waals surface area contributed by atoms with Crippen LogP contribution < -0.4 is 0 Å². The van der Waals surface area contributed by atoms with Gasteiger partial charge in [-0.1, -0.05) is 32.4 Å². The fourth-order valence-electron chi connectivity index (χ4n) is 1.49. The summed E-state index contributed by atoms with van der Waals surface area (Å²) in [5.41, 5.74) is 0.977. The molecule has 0 saturated carbocycles. The van der Waals surface area contributed by atoms with Crippen LogP contribution in [-0.2, 0) is 5.41 Å². The zero-order valence-corrected chi connectivity index (χ0v) is 11.1. The molecule has 0 fully saturated rings. The predicted octanol–water partition coefficient (Wildman–Crippen LogP) is 4.68. The van der Waals surface area contributed by atoms with Crippen molar-refractivity contribution in [3.63, 3.8) is 0 Å². The van der Waals surface area contributed by atoms with Crippen LogP contribution in [0.15, 0.2) is 34.9 Å². The molecular formula is C14H16ClNO. The fourth-order valence-corrected chi connectivity index (χ4v) is 1.61. The van der Waals surface area contributed by atoms with E-state index in [1.165, 1.54) is 0 Å². The van der Waals surface area contributed by atoms with Crippen LogP contribution in [-0.4, -0.2) is 4.98 Å². The highest BCUT2D eigenvalue weighted by Gasteiger charge is 2.23. The second kappa shape index (κ2) is 4.53. The fraction of sp³-hybridized carbons (Fsp3) is 0.357. The van der Waals surface area contributed by atoms with Gasteiger partial charge in [0.15, 0.2) is 0 Å². The summed E-state index contributed by atoms with van der Waals surface area (Å²) in [6.45, 7) is 6.45. The normalized spacial score (nSPS) is 11.8. The second-order valence-electron chi connectivity index (χ2n) is 4.77. The molecule has 2 rings (SSSR count). The van der Waals surface area contributed by atoms with Crippen molar-refractivity contribution in [3.05, 3.63) is 41.2 Å². The van der Waals surface area contributed by atoms with Gasteiger partial charge in [-0.15, -0.1) is 0 Å². The monoisotopic (exact) mass is 249 g/mol. The number of benzene rings is 1. The summed E-state index contributed by atoms with van der Waals surface area (Å²) >= 11 is 5.85. The number of nitrogens with zero attached hydrogens (tertiary/aromatic N) is 1. The maximum atomic E-state index is 5.85. The first-order valence-corrected chi connectivity index (χ1v) is 6.13. The molecule has 0 saturated heterocycles. The van der Waals surface area contributed by atoms with Crippen LogP contribution in [0.5, 0.6) is 0 Å². The van der Waals surface area contributed by atoms with Gasteiger partial charge in [0.1, 0.15) is 5.76 Å². The molecule has 17 heavy (non-hydrogen) atoms. The third kappa shape index (κ3) is 2.52. The number of hydrogen-bond donors (Lipinski definition) is 0. The van der Waals surface area contributed by atoms with E-state index in [0.29, 0.717) is 5.89 Å². The molecule has 0 aliphatic rings. The standard InChI is InChI=1S/C14H16ClNO/c1-4-14(2,3)12-9-16-13(17-12)10-5-7-11(15)8-6-10/h5-9H,4H2,1-3H3. The van der Waals surface area contributed by atoms with E-state index in [0.717, 1.165) is 22.8 Å². The lowest BCUT2D eigenvalue weighted by Crippen LogP contribution is -2.13. The molecule has 0 amide bonds. The number of oxazole rings is 1. The first-order valence-electron chi connectivity index (χ1n) is 5.75. The van der Waals surface area contributed by atoms with E-state index in [1.807, 2.05) is 30.5 Å². The van der Waals surface area contributed by atoms with Crippen molar-refractivity contribution in [2.24, 2.45) is 0 Å². The number of halogens is 1. The molecule has 90 valence electrons. The summed E-state index contributed by atoms with van der Waals surface area (Å²) in [7, 11) is 0. The van der Waals surface area contributed by atoms with E-state index in [2.05, 4.69) is 25.8 Å². The highest BCUT2D eigenvalue weighted by atomic mass is 35.5. The van der Waals surface area contributed by atoms with Gasteiger partial charge in [-0.25, -0.2) is 4.98 Å². The maximum absolute atomic E-state index is 5.85. The van der Waals surface area contributed by atoms with Gasteiger partial charge in [-0.3, -0.25) is 0 Å². The van der Waals surface area contributed by atoms with E-state index in [4.69, 9.17) is 16.0 Å². The van der Waals surface area contributed by atoms with Gasteiger partial charge < -0.3 is 4.42 Å². The lowest BCUT2D eigenvalue weighted by molar-refractivity contribution is 0.380. The molecule has 0 N–H and O–H groups in total. The molecule has 0 radical (unpaired) electrons. The summed E-state index contributed by atoms with van der Waals surface area (Å²) in [5, 5.41) is 0.717. The Labute approximate surface area is 107 Å². The molecule has 0 spiro atoms. The Bertz CT molecular complexity index is 499. The van der Waals surface area contributed by atoms with E-state index >= 15 is 0 Å². The Balaban J connectivity index is 2.33. The minimum atomic E-state index is 0.0255. The van der Waals surface area contributed by atoms with Crippen molar-refractivity contribution in [2.75, 3.05) is 0 Å². The largest absolute Gasteiger partial charge is 0.441 e. The molecule has 0 bridgehead atoms. The number of aromatic nitrogens is 1. The Morgan fingerprint density at radius 3 is 2.47 bits per heavy atom. The topological polar surface area (TPSA) is 26.0 Å². The lowest BCUT2D eigenvalue weighted by atomic mass is 9.88. The Hall–Kier alpha value is -1.28. The quantitative estimate of drug-likeness (QED) is 0.789. The van der Waals surface area contributed by atoms with Gasteiger partial charge in [-0.2, -0.15) is 0 Å². The summed E-state index contributed by atoms with van der Waals surface area (Å²) in [6.07, 6.45) is 2.83. The first kappa shape index (κ1) is 12.2. The van der Waals surface area contributed by atoms with Crippen LogP contribution in [0, 0.1) is 0 Å². The molecule has 1 heterocycles. The van der Waals surface area contributed by atoms with Crippen molar-refractivity contribution in [1.82, 2.24) is 4.98 Å². The van der Waals surface area contributed by atoms with Crippen LogP contribution >= 0.6 is 11.6 Å². The minimum absolute atomic E-state index is 0.0255. The van der Waals surface area contributed by atoms with E-state index < -0.39 is 0 Å². The smallest absolute Gasteiger partial charge is 0.226 e. The Morgan fingerprint density at radius 2 is 1.88 bits per heavy atom. The van der Waals surface area contributed by atoms with Gasteiger partial charge in [-0.05, 0) is 30.7 Å². The molecule has 1 aromatic heterocycles. The van der Waals surface area contributed by atoms with Gasteiger partial charge in [0, 0.05) is 16.0 Å². The van der Waals surface area contributed by atoms with Crippen LogP contribution in [0.3, 0.4) is 0 Å². The molecule has 3 heteroatoms. The molecule has 0 unspecified atom stereocenters. The summed E-state index contributed by atoms with van der Waals surface area (Å²) in [4.78, 5) is 4.32. The Morgan fingerprint density at radius 1 is 1.24 bits per heavy atom. The third-order valence-corrected chi connectivity index (χ3v) is 3.40. The van der Waals surface area contributed by atoms with Crippen molar-refractivity contribution in [1.29, 1.82) is 0 Å². The molecule has 2 aromatic rings. The van der Waals surface area contributed by atoms with Gasteiger partial charge in [0.2, 0.25) is 5.89 Å². The van der Waals surface area contributed by atoms with Crippen molar-refractivity contribution in [3.8, 4) is 11.5 Å². The van der Waals surface area contributed by atoms with Crippen molar-refractivity contribution >= 4 is 11.6 Å². The number of rotatable bonds is 3. The van der Waals surface area contributed by atoms with Gasteiger partial charge in [0.25, 0.3) is 0 Å².